The number of aromatic nitrogens is 2. The molecule has 0 saturated carbocycles. The van der Waals surface area contributed by atoms with Crippen molar-refractivity contribution in [2.24, 2.45) is 0 Å². The lowest BCUT2D eigenvalue weighted by atomic mass is 10.2. The van der Waals surface area contributed by atoms with E-state index in [1.54, 1.807) is 0 Å². The molecule has 20 aromatic rings. The van der Waals surface area contributed by atoms with E-state index in [0.717, 1.165) is 77.4 Å². The van der Waals surface area contributed by atoms with Crippen LogP contribution in [0.25, 0.3) is 175 Å². The number of benzene rings is 4. The molecule has 0 atom stereocenters. The van der Waals surface area contributed by atoms with Gasteiger partial charge < -0.3 is 26.8 Å². The zero-order chi connectivity index (χ0) is 51.5. The Bertz CT molecular complexity index is 6010. The highest BCUT2D eigenvalue weighted by Crippen LogP contribution is 2.55. The van der Waals surface area contributed by atoms with E-state index in [0.29, 0.717) is 0 Å². The van der Waals surface area contributed by atoms with Crippen LogP contribution in [-0.4, -0.2) is 9.13 Å². The summed E-state index contributed by atoms with van der Waals surface area (Å²) in [6, 6.07) is 35.7. The fourth-order valence-electron chi connectivity index (χ4n) is 12.0. The third kappa shape index (κ3) is 5.83. The number of hydrogen-bond acceptors (Lipinski definition) is 14. The highest BCUT2D eigenvalue weighted by Gasteiger charge is 2.29. The van der Waals surface area contributed by atoms with Gasteiger partial charge in [0.2, 0.25) is 0 Å². The predicted octanol–water partition coefficient (Wildman–Crippen LogP) is 24.2. The third-order valence-electron chi connectivity index (χ3n) is 15.4. The molecule has 0 spiro atoms. The zero-order valence-corrected chi connectivity index (χ0v) is 50.0. The Hall–Kier alpha value is -6.28. The maximum atomic E-state index is 6.74. The number of rotatable bonds is 2. The highest BCUT2D eigenvalue weighted by atomic mass is 32.1. The van der Waals surface area contributed by atoms with Crippen LogP contribution >= 0.6 is 113 Å². The highest BCUT2D eigenvalue weighted by molar-refractivity contribution is 7.42. The molecule has 0 aliphatic rings. The molecule has 20 rings (SSSR count). The Balaban J connectivity index is 0.000000118. The van der Waals surface area contributed by atoms with Crippen molar-refractivity contribution in [3.63, 3.8) is 0 Å². The van der Waals surface area contributed by atoms with E-state index in [1.165, 1.54) is 128 Å². The summed E-state index contributed by atoms with van der Waals surface area (Å²) in [6.07, 6.45) is 0. The number of furan rings is 4. The second kappa shape index (κ2) is 15.3. The standard InChI is InChI=1S/2C31H17NO2S5/c1-12-4-6-15(7-5-12)32-22-16-10-19-17(26-25(34-19)30-31(39-26)28-21(38-30)9-14(3)36-28)11-18(16)33-24(22)29-23(32)27-20(37-29)8-13(2)35-27;1-12-4-6-15(7-5-12)32-18-8-13(2)35-27(18)29-22(32)23-25(38-29)16-10-20-17(11-19(16)33-23)26-24(34-20)30-31(39-26)28-21(37-30)9-14(3)36-28/h2*4-11H,1-3H3. The molecule has 78 heavy (non-hydrogen) atoms. The summed E-state index contributed by atoms with van der Waals surface area (Å²) in [4.78, 5) is 5.39. The van der Waals surface area contributed by atoms with Gasteiger partial charge in [0.25, 0.3) is 0 Å². The van der Waals surface area contributed by atoms with Crippen molar-refractivity contribution in [1.82, 2.24) is 9.13 Å². The molecule has 0 aliphatic heterocycles. The van der Waals surface area contributed by atoms with Gasteiger partial charge in [-0.15, -0.1) is 113 Å². The van der Waals surface area contributed by atoms with Crippen LogP contribution in [0, 0.1) is 41.5 Å². The van der Waals surface area contributed by atoms with E-state index < -0.39 is 0 Å². The van der Waals surface area contributed by atoms with Gasteiger partial charge in [-0.3, -0.25) is 0 Å². The van der Waals surface area contributed by atoms with Gasteiger partial charge in [0.15, 0.2) is 22.3 Å². The van der Waals surface area contributed by atoms with Crippen molar-refractivity contribution < 1.29 is 17.7 Å². The number of nitrogens with zero attached hydrogens (tertiary/aromatic N) is 2. The first-order chi connectivity index (χ1) is 38.0. The lowest BCUT2D eigenvalue weighted by molar-refractivity contribution is 0.667. The number of aryl methyl sites for hydroxylation is 6. The van der Waals surface area contributed by atoms with E-state index in [4.69, 9.17) is 17.7 Å². The molecule has 6 nitrogen and oxygen atoms in total. The molecule has 0 bridgehead atoms. The lowest BCUT2D eigenvalue weighted by Crippen LogP contribution is -1.93. The van der Waals surface area contributed by atoms with E-state index in [-0.39, 0.29) is 0 Å². The normalized spacial score (nSPS) is 13.0. The Kier molecular flexibility index (Phi) is 8.76. The summed E-state index contributed by atoms with van der Waals surface area (Å²) < 4.78 is 52.4. The number of hydrogen-bond donors (Lipinski definition) is 0. The van der Waals surface area contributed by atoms with Gasteiger partial charge in [0.1, 0.15) is 33.4 Å². The average molecular weight is 1190 g/mol. The molecule has 0 fully saturated rings. The van der Waals surface area contributed by atoms with Gasteiger partial charge in [0.05, 0.1) is 72.1 Å². The molecule has 376 valence electrons. The van der Waals surface area contributed by atoms with Crippen molar-refractivity contribution in [2.45, 2.75) is 41.5 Å². The molecule has 0 saturated heterocycles. The Morgan fingerprint density at radius 1 is 0.282 bits per heavy atom. The summed E-state index contributed by atoms with van der Waals surface area (Å²) in [7, 11) is 0. The van der Waals surface area contributed by atoms with Crippen LogP contribution < -0.4 is 0 Å². The average Bonchev–Trinajstić information content (AvgIpc) is 4.22. The monoisotopic (exact) mass is 1190 g/mol. The maximum absolute atomic E-state index is 6.74. The molecule has 0 N–H and O–H groups in total. The fourth-order valence-corrected chi connectivity index (χ4v) is 25.0. The molecule has 0 amide bonds. The van der Waals surface area contributed by atoms with Crippen LogP contribution in [0.1, 0.15) is 30.6 Å². The van der Waals surface area contributed by atoms with Gasteiger partial charge in [-0.1, -0.05) is 35.4 Å². The van der Waals surface area contributed by atoms with Crippen molar-refractivity contribution >= 4 is 277 Å². The molecular weight excluding hydrogens is 1160 g/mol. The Labute approximate surface area is 479 Å². The topological polar surface area (TPSA) is 62.4 Å². The fraction of sp³-hybridized carbons (Fsp3) is 0.0968. The first-order valence-corrected chi connectivity index (χ1v) is 33.5. The van der Waals surface area contributed by atoms with Crippen molar-refractivity contribution in [3.05, 3.63) is 128 Å². The van der Waals surface area contributed by atoms with Crippen LogP contribution in [0.3, 0.4) is 0 Å². The molecule has 4 aromatic carbocycles. The van der Waals surface area contributed by atoms with E-state index >= 15 is 0 Å². The third-order valence-corrected chi connectivity index (χ3v) is 27.7. The van der Waals surface area contributed by atoms with Crippen LogP contribution in [0.4, 0.5) is 0 Å². The molecule has 0 aliphatic carbocycles. The zero-order valence-electron chi connectivity index (χ0n) is 41.8. The minimum Gasteiger partial charge on any atom is -0.454 e. The van der Waals surface area contributed by atoms with Crippen LogP contribution in [-0.2, 0) is 0 Å². The van der Waals surface area contributed by atoms with E-state index in [1.807, 2.05) is 113 Å². The van der Waals surface area contributed by atoms with E-state index in [2.05, 4.69) is 148 Å². The second-order valence-corrected chi connectivity index (χ2v) is 31.8. The van der Waals surface area contributed by atoms with Gasteiger partial charge >= 0.3 is 0 Å². The largest absolute Gasteiger partial charge is 0.454 e. The van der Waals surface area contributed by atoms with Gasteiger partial charge in [-0.2, -0.15) is 0 Å². The second-order valence-electron chi connectivity index (χ2n) is 20.6. The molecule has 0 radical (unpaired) electrons. The minimum atomic E-state index is 0.916. The summed E-state index contributed by atoms with van der Waals surface area (Å²) in [5, 5.41) is 4.53. The molecule has 16 heteroatoms. The molecular formula is C62H34N2O4S10. The summed E-state index contributed by atoms with van der Waals surface area (Å²) >= 11 is 18.6. The van der Waals surface area contributed by atoms with Crippen molar-refractivity contribution in [2.75, 3.05) is 0 Å². The smallest absolute Gasteiger partial charge is 0.171 e. The maximum Gasteiger partial charge on any atom is 0.171 e. The first kappa shape index (κ1) is 44.6. The van der Waals surface area contributed by atoms with Crippen molar-refractivity contribution in [3.8, 4) is 11.4 Å². The number of thiophene rings is 10. The minimum absolute atomic E-state index is 0.916. The van der Waals surface area contributed by atoms with Crippen LogP contribution in [0.15, 0.2) is 115 Å². The first-order valence-electron chi connectivity index (χ1n) is 25.3. The molecule has 0 unspecified atom stereocenters. The van der Waals surface area contributed by atoms with Crippen LogP contribution in [0.2, 0.25) is 0 Å². The lowest BCUT2D eigenvalue weighted by Gasteiger charge is -2.07. The quantitative estimate of drug-likeness (QED) is 0.173. The summed E-state index contributed by atoms with van der Waals surface area (Å²) in [5.41, 5.74) is 17.4. The summed E-state index contributed by atoms with van der Waals surface area (Å²) in [6.45, 7) is 13.0. The Morgan fingerprint density at radius 2 is 0.692 bits per heavy atom. The molecule has 16 heterocycles. The molecule has 16 aromatic heterocycles. The SMILES string of the molecule is Cc1ccc(-n2c3c4cc5oc6c(sc7c8sc(C)cc8sc67)c5cc4oc3c3sc4cc(C)sc4c32)cc1.Cc1ccc(-n2c3cc(C)sc3c3sc4c5cc6oc7c(sc8c9sc(C)cc9sc78)c6cc5oc4c32)cc1. The van der Waals surface area contributed by atoms with E-state index in [9.17, 15) is 0 Å². The van der Waals surface area contributed by atoms with Gasteiger partial charge in [0, 0.05) is 66.5 Å². The predicted molar refractivity (Wildman–Crippen MR) is 348 cm³/mol. The number of fused-ring (bicyclic) bond motifs is 28. The Morgan fingerprint density at radius 3 is 1.26 bits per heavy atom. The summed E-state index contributed by atoms with van der Waals surface area (Å²) in [5.74, 6) is 0. The van der Waals surface area contributed by atoms with Crippen molar-refractivity contribution in [1.29, 1.82) is 0 Å². The van der Waals surface area contributed by atoms with Gasteiger partial charge in [-0.25, -0.2) is 0 Å². The van der Waals surface area contributed by atoms with Gasteiger partial charge in [-0.05, 0) is 114 Å². The van der Waals surface area contributed by atoms with Crippen LogP contribution in [0.5, 0.6) is 0 Å².